The van der Waals surface area contributed by atoms with Crippen molar-refractivity contribution in [2.75, 3.05) is 18.8 Å². The van der Waals surface area contributed by atoms with Gasteiger partial charge in [0.25, 0.3) is 0 Å². The van der Waals surface area contributed by atoms with Crippen molar-refractivity contribution in [3.05, 3.63) is 53.6 Å². The van der Waals surface area contributed by atoms with Crippen LogP contribution < -0.4 is 5.73 Å². The van der Waals surface area contributed by atoms with Crippen molar-refractivity contribution in [1.29, 1.82) is 5.26 Å². The fourth-order valence-corrected chi connectivity index (χ4v) is 3.21. The summed E-state index contributed by atoms with van der Waals surface area (Å²) >= 11 is 1.66. The molecule has 22 heavy (non-hydrogen) atoms. The minimum Gasteiger partial charge on any atom is -0.398 e. The SMILES string of the molecule is CCN(CC)Cc1ccccc1Sc1ccc(C#N)cc1N. The number of nitrogen functional groups attached to an aromatic ring is 1. The first-order valence-corrected chi connectivity index (χ1v) is 8.27. The number of nitriles is 1. The van der Waals surface area contributed by atoms with Crippen LogP contribution in [-0.4, -0.2) is 18.0 Å². The van der Waals surface area contributed by atoms with Gasteiger partial charge in [-0.15, -0.1) is 0 Å². The van der Waals surface area contributed by atoms with E-state index in [4.69, 9.17) is 11.0 Å². The molecule has 0 atom stereocenters. The van der Waals surface area contributed by atoms with Crippen LogP contribution in [0, 0.1) is 11.3 Å². The zero-order valence-corrected chi connectivity index (χ0v) is 13.9. The number of benzene rings is 2. The molecule has 0 amide bonds. The van der Waals surface area contributed by atoms with Gasteiger partial charge in [0.05, 0.1) is 11.6 Å². The average Bonchev–Trinajstić information content (AvgIpc) is 2.55. The quantitative estimate of drug-likeness (QED) is 0.815. The third-order valence-electron chi connectivity index (χ3n) is 3.62. The first kappa shape index (κ1) is 16.4. The lowest BCUT2D eigenvalue weighted by atomic mass is 10.2. The van der Waals surface area contributed by atoms with Gasteiger partial charge in [0.1, 0.15) is 0 Å². The molecule has 2 aromatic carbocycles. The monoisotopic (exact) mass is 311 g/mol. The van der Waals surface area contributed by atoms with Crippen LogP contribution in [0.1, 0.15) is 25.0 Å². The van der Waals surface area contributed by atoms with E-state index in [-0.39, 0.29) is 0 Å². The van der Waals surface area contributed by atoms with E-state index in [0.29, 0.717) is 11.3 Å². The van der Waals surface area contributed by atoms with E-state index in [2.05, 4.69) is 43.0 Å². The van der Waals surface area contributed by atoms with Gasteiger partial charge in [0.15, 0.2) is 0 Å². The fraction of sp³-hybridized carbons (Fsp3) is 0.278. The van der Waals surface area contributed by atoms with Crippen LogP contribution in [0.3, 0.4) is 0 Å². The zero-order chi connectivity index (χ0) is 15.9. The van der Waals surface area contributed by atoms with Crippen molar-refractivity contribution >= 4 is 17.4 Å². The van der Waals surface area contributed by atoms with Crippen LogP contribution in [0.25, 0.3) is 0 Å². The highest BCUT2D eigenvalue weighted by Gasteiger charge is 2.09. The van der Waals surface area contributed by atoms with Crippen LogP contribution in [0.2, 0.25) is 0 Å². The molecule has 0 aliphatic rings. The van der Waals surface area contributed by atoms with Crippen LogP contribution in [0.15, 0.2) is 52.3 Å². The molecule has 0 saturated heterocycles. The van der Waals surface area contributed by atoms with Crippen LogP contribution >= 0.6 is 11.8 Å². The van der Waals surface area contributed by atoms with E-state index >= 15 is 0 Å². The summed E-state index contributed by atoms with van der Waals surface area (Å²) in [5.41, 5.74) is 8.62. The number of anilines is 1. The minimum absolute atomic E-state index is 0.596. The molecule has 3 nitrogen and oxygen atoms in total. The average molecular weight is 311 g/mol. The minimum atomic E-state index is 0.596. The van der Waals surface area contributed by atoms with Gasteiger partial charge in [0, 0.05) is 22.0 Å². The lowest BCUT2D eigenvalue weighted by Crippen LogP contribution is -2.22. The number of nitrogens with zero attached hydrogens (tertiary/aromatic N) is 2. The molecule has 0 aromatic heterocycles. The molecule has 0 fully saturated rings. The summed E-state index contributed by atoms with van der Waals surface area (Å²) in [6, 6.07) is 16.0. The van der Waals surface area contributed by atoms with Crippen LogP contribution in [0.5, 0.6) is 0 Å². The maximum absolute atomic E-state index is 8.92. The Bertz CT molecular complexity index is 672. The Hall–Kier alpha value is -1.96. The van der Waals surface area contributed by atoms with Crippen LogP contribution in [-0.2, 0) is 6.54 Å². The molecule has 4 heteroatoms. The molecule has 0 spiro atoms. The maximum atomic E-state index is 8.92. The Morgan fingerprint density at radius 3 is 2.45 bits per heavy atom. The first-order chi connectivity index (χ1) is 10.7. The Morgan fingerprint density at radius 2 is 1.82 bits per heavy atom. The van der Waals surface area contributed by atoms with E-state index in [0.717, 1.165) is 24.5 Å². The lowest BCUT2D eigenvalue weighted by Gasteiger charge is -2.20. The highest BCUT2D eigenvalue weighted by Crippen LogP contribution is 2.34. The molecule has 2 aromatic rings. The Morgan fingerprint density at radius 1 is 1.09 bits per heavy atom. The largest absolute Gasteiger partial charge is 0.398 e. The fourth-order valence-electron chi connectivity index (χ4n) is 2.25. The normalized spacial score (nSPS) is 10.6. The molecule has 0 bridgehead atoms. The maximum Gasteiger partial charge on any atom is 0.0992 e. The van der Waals surface area contributed by atoms with E-state index in [1.54, 1.807) is 17.8 Å². The van der Waals surface area contributed by atoms with Crippen molar-refractivity contribution in [3.63, 3.8) is 0 Å². The molecule has 0 saturated carbocycles. The number of hydrogen-bond acceptors (Lipinski definition) is 4. The summed E-state index contributed by atoms with van der Waals surface area (Å²) in [4.78, 5) is 4.60. The van der Waals surface area contributed by atoms with Gasteiger partial charge >= 0.3 is 0 Å². The van der Waals surface area contributed by atoms with E-state index in [1.807, 2.05) is 18.2 Å². The zero-order valence-electron chi connectivity index (χ0n) is 13.0. The third kappa shape index (κ3) is 4.03. The van der Waals surface area contributed by atoms with Gasteiger partial charge in [-0.05, 0) is 42.9 Å². The van der Waals surface area contributed by atoms with E-state index in [9.17, 15) is 0 Å². The topological polar surface area (TPSA) is 53.0 Å². The Kier molecular flexibility index (Phi) is 5.88. The van der Waals surface area contributed by atoms with Gasteiger partial charge in [-0.1, -0.05) is 43.8 Å². The molecular formula is C18H21N3S. The second-order valence-electron chi connectivity index (χ2n) is 5.04. The molecule has 0 unspecified atom stereocenters. The number of nitrogens with two attached hydrogens (primary N) is 1. The highest BCUT2D eigenvalue weighted by molar-refractivity contribution is 7.99. The summed E-state index contributed by atoms with van der Waals surface area (Å²) in [5.74, 6) is 0. The predicted octanol–water partition coefficient (Wildman–Crippen LogP) is 4.13. The van der Waals surface area contributed by atoms with Gasteiger partial charge in [0.2, 0.25) is 0 Å². The second-order valence-corrected chi connectivity index (χ2v) is 6.12. The Labute approximate surface area is 136 Å². The standard InChI is InChI=1S/C18H21N3S/c1-3-21(4-2)13-15-7-5-6-8-17(15)22-18-10-9-14(12-19)11-16(18)20/h5-11H,3-4,13,20H2,1-2H3. The molecule has 0 heterocycles. The van der Waals surface area contributed by atoms with Crippen molar-refractivity contribution in [2.45, 2.75) is 30.2 Å². The van der Waals surface area contributed by atoms with Crippen LogP contribution in [0.4, 0.5) is 5.69 Å². The summed E-state index contributed by atoms with van der Waals surface area (Å²) in [6.45, 7) is 7.37. The van der Waals surface area contributed by atoms with Gasteiger partial charge in [-0.3, -0.25) is 4.90 Å². The molecular weight excluding hydrogens is 290 g/mol. The second kappa shape index (κ2) is 7.88. The predicted molar refractivity (Wildman–Crippen MR) is 92.8 cm³/mol. The van der Waals surface area contributed by atoms with Crippen molar-refractivity contribution < 1.29 is 0 Å². The van der Waals surface area contributed by atoms with E-state index < -0.39 is 0 Å². The third-order valence-corrected chi connectivity index (χ3v) is 4.83. The lowest BCUT2D eigenvalue weighted by molar-refractivity contribution is 0.294. The van der Waals surface area contributed by atoms with Crippen molar-refractivity contribution in [2.24, 2.45) is 0 Å². The summed E-state index contributed by atoms with van der Waals surface area (Å²) in [5, 5.41) is 8.92. The molecule has 114 valence electrons. The smallest absolute Gasteiger partial charge is 0.0992 e. The molecule has 0 aliphatic heterocycles. The molecule has 0 radical (unpaired) electrons. The number of rotatable bonds is 6. The van der Waals surface area contributed by atoms with Crippen molar-refractivity contribution in [1.82, 2.24) is 4.90 Å². The summed E-state index contributed by atoms with van der Waals surface area (Å²) in [6.07, 6.45) is 0. The van der Waals surface area contributed by atoms with Gasteiger partial charge in [-0.2, -0.15) is 5.26 Å². The summed E-state index contributed by atoms with van der Waals surface area (Å²) in [7, 11) is 0. The molecule has 2 rings (SSSR count). The Balaban J connectivity index is 2.25. The first-order valence-electron chi connectivity index (χ1n) is 7.45. The number of hydrogen-bond donors (Lipinski definition) is 1. The van der Waals surface area contributed by atoms with E-state index in [1.165, 1.54) is 10.5 Å². The summed E-state index contributed by atoms with van der Waals surface area (Å²) < 4.78 is 0. The molecule has 2 N–H and O–H groups in total. The molecule has 0 aliphatic carbocycles. The van der Waals surface area contributed by atoms with Gasteiger partial charge in [-0.25, -0.2) is 0 Å². The van der Waals surface area contributed by atoms with Crippen molar-refractivity contribution in [3.8, 4) is 6.07 Å². The highest BCUT2D eigenvalue weighted by atomic mass is 32.2. The van der Waals surface area contributed by atoms with Gasteiger partial charge < -0.3 is 5.73 Å².